The summed E-state index contributed by atoms with van der Waals surface area (Å²) in [7, 11) is 0. The van der Waals surface area contributed by atoms with Crippen LogP contribution in [0.5, 0.6) is 0 Å². The highest BCUT2D eigenvalue weighted by atomic mass is 16.6. The third-order valence-corrected chi connectivity index (χ3v) is 3.14. The van der Waals surface area contributed by atoms with Crippen LogP contribution in [-0.2, 0) is 16.1 Å². The Bertz CT molecular complexity index is 482. The van der Waals surface area contributed by atoms with Gasteiger partial charge in [-0.25, -0.2) is 4.79 Å². The Kier molecular flexibility index (Phi) is 3.65. The lowest BCUT2D eigenvalue weighted by atomic mass is 10.1. The first-order valence-corrected chi connectivity index (χ1v) is 6.06. The molecule has 1 aromatic rings. The molecule has 4 heteroatoms. The number of carbonyl (C=O) groups is 2. The molecule has 0 N–H and O–H groups in total. The summed E-state index contributed by atoms with van der Waals surface area (Å²) in [6.45, 7) is 4.92. The number of benzene rings is 1. The van der Waals surface area contributed by atoms with Gasteiger partial charge in [0.2, 0.25) is 0 Å². The fourth-order valence-electron chi connectivity index (χ4n) is 1.97. The number of ether oxygens (including phenoxy) is 1. The second-order valence-corrected chi connectivity index (χ2v) is 4.69. The van der Waals surface area contributed by atoms with Gasteiger partial charge < -0.3 is 9.64 Å². The Labute approximate surface area is 107 Å². The molecule has 1 fully saturated rings. The molecule has 1 aromatic carbocycles. The van der Waals surface area contributed by atoms with Crippen LogP contribution in [-0.4, -0.2) is 29.9 Å². The van der Waals surface area contributed by atoms with E-state index < -0.39 is 6.09 Å². The van der Waals surface area contributed by atoms with Crippen molar-refractivity contribution in [2.45, 2.75) is 26.9 Å². The number of rotatable bonds is 2. The van der Waals surface area contributed by atoms with E-state index in [9.17, 15) is 9.59 Å². The maximum absolute atomic E-state index is 11.7. The molecule has 4 nitrogen and oxygen atoms in total. The fourth-order valence-corrected chi connectivity index (χ4v) is 1.97. The quantitative estimate of drug-likeness (QED) is 0.805. The van der Waals surface area contributed by atoms with Gasteiger partial charge in [0.25, 0.3) is 0 Å². The molecule has 0 aliphatic carbocycles. The van der Waals surface area contributed by atoms with Crippen molar-refractivity contribution in [2.75, 3.05) is 13.1 Å². The summed E-state index contributed by atoms with van der Waals surface area (Å²) in [5, 5.41) is 0. The second-order valence-electron chi connectivity index (χ2n) is 4.69. The molecule has 0 spiro atoms. The standard InChI is InChI=1S/C14H17NO3/c1-10-3-4-11(2)12(7-10)9-18-14(17)15-6-5-13(16)8-15/h3-4,7H,5-6,8-9H2,1-2H3. The molecule has 0 radical (unpaired) electrons. The summed E-state index contributed by atoms with van der Waals surface area (Å²) in [6.07, 6.45) is 0.0419. The van der Waals surface area contributed by atoms with Crippen molar-refractivity contribution in [1.82, 2.24) is 4.90 Å². The highest BCUT2D eigenvalue weighted by Gasteiger charge is 2.24. The number of hydrogen-bond donors (Lipinski definition) is 0. The molecule has 1 aliphatic heterocycles. The zero-order valence-corrected chi connectivity index (χ0v) is 10.7. The smallest absolute Gasteiger partial charge is 0.410 e. The molecule has 0 saturated carbocycles. The summed E-state index contributed by atoms with van der Waals surface area (Å²) in [4.78, 5) is 24.2. The van der Waals surface area contributed by atoms with Gasteiger partial charge in [-0.15, -0.1) is 0 Å². The van der Waals surface area contributed by atoms with Crippen molar-refractivity contribution in [1.29, 1.82) is 0 Å². The van der Waals surface area contributed by atoms with E-state index in [-0.39, 0.29) is 18.9 Å². The van der Waals surface area contributed by atoms with Gasteiger partial charge >= 0.3 is 6.09 Å². The highest BCUT2D eigenvalue weighted by Crippen LogP contribution is 2.13. The number of hydrogen-bond acceptors (Lipinski definition) is 3. The molecule has 2 rings (SSSR count). The van der Waals surface area contributed by atoms with Crippen LogP contribution in [0.25, 0.3) is 0 Å². The van der Waals surface area contributed by atoms with Crippen molar-refractivity contribution >= 4 is 11.9 Å². The van der Waals surface area contributed by atoms with Crippen LogP contribution in [0.2, 0.25) is 0 Å². The van der Waals surface area contributed by atoms with Crippen molar-refractivity contribution in [2.24, 2.45) is 0 Å². The lowest BCUT2D eigenvalue weighted by Gasteiger charge is -2.15. The first-order valence-electron chi connectivity index (χ1n) is 6.06. The zero-order valence-electron chi connectivity index (χ0n) is 10.7. The van der Waals surface area contributed by atoms with E-state index in [1.165, 1.54) is 4.90 Å². The molecule has 1 aliphatic rings. The third kappa shape index (κ3) is 2.88. The molecule has 0 bridgehead atoms. The van der Waals surface area contributed by atoms with E-state index in [4.69, 9.17) is 4.74 Å². The molecule has 18 heavy (non-hydrogen) atoms. The van der Waals surface area contributed by atoms with Crippen molar-refractivity contribution in [3.8, 4) is 0 Å². The maximum atomic E-state index is 11.7. The minimum absolute atomic E-state index is 0.0960. The minimum Gasteiger partial charge on any atom is -0.445 e. The number of amides is 1. The van der Waals surface area contributed by atoms with E-state index in [1.807, 2.05) is 32.0 Å². The van der Waals surface area contributed by atoms with Gasteiger partial charge in [0, 0.05) is 13.0 Å². The number of aryl methyl sites for hydroxylation is 2. The lowest BCUT2D eigenvalue weighted by molar-refractivity contribution is -0.116. The lowest BCUT2D eigenvalue weighted by Crippen LogP contribution is -2.29. The summed E-state index contributed by atoms with van der Waals surface area (Å²) in [5.41, 5.74) is 3.25. The zero-order chi connectivity index (χ0) is 13.1. The minimum atomic E-state index is -0.401. The summed E-state index contributed by atoms with van der Waals surface area (Å²) >= 11 is 0. The second kappa shape index (κ2) is 5.21. The SMILES string of the molecule is Cc1ccc(C)c(COC(=O)N2CCC(=O)C2)c1. The summed E-state index contributed by atoms with van der Waals surface area (Å²) < 4.78 is 5.23. The monoisotopic (exact) mass is 247 g/mol. The molecule has 0 aromatic heterocycles. The van der Waals surface area contributed by atoms with E-state index >= 15 is 0 Å². The van der Waals surface area contributed by atoms with E-state index in [0.717, 1.165) is 16.7 Å². The number of ketones is 1. The van der Waals surface area contributed by atoms with Crippen LogP contribution in [0.3, 0.4) is 0 Å². The average molecular weight is 247 g/mol. The van der Waals surface area contributed by atoms with Crippen molar-refractivity contribution in [3.05, 3.63) is 34.9 Å². The van der Waals surface area contributed by atoms with Crippen molar-refractivity contribution < 1.29 is 14.3 Å². The van der Waals surface area contributed by atoms with Gasteiger partial charge in [-0.05, 0) is 25.0 Å². The molecule has 0 unspecified atom stereocenters. The number of carbonyl (C=O) groups excluding carboxylic acids is 2. The first-order chi connectivity index (χ1) is 8.56. The highest BCUT2D eigenvalue weighted by molar-refractivity contribution is 5.87. The topological polar surface area (TPSA) is 46.6 Å². The number of Topliss-reactive ketones (excluding diaryl/α,β-unsaturated/α-hetero) is 1. The largest absolute Gasteiger partial charge is 0.445 e. The fraction of sp³-hybridized carbons (Fsp3) is 0.429. The van der Waals surface area contributed by atoms with Crippen LogP contribution >= 0.6 is 0 Å². The van der Waals surface area contributed by atoms with Gasteiger partial charge in [0.15, 0.2) is 5.78 Å². The Hall–Kier alpha value is -1.84. The van der Waals surface area contributed by atoms with Crippen LogP contribution in [0, 0.1) is 13.8 Å². The molecule has 0 atom stereocenters. The Balaban J connectivity index is 1.93. The summed E-state index contributed by atoms with van der Waals surface area (Å²) in [6, 6.07) is 6.05. The van der Waals surface area contributed by atoms with Gasteiger partial charge in [-0.1, -0.05) is 23.8 Å². The predicted octanol–water partition coefficient (Wildman–Crippen LogP) is 2.21. The van der Waals surface area contributed by atoms with Crippen LogP contribution in [0.15, 0.2) is 18.2 Å². The average Bonchev–Trinajstić information content (AvgIpc) is 2.77. The molecular formula is C14H17NO3. The maximum Gasteiger partial charge on any atom is 0.410 e. The third-order valence-electron chi connectivity index (χ3n) is 3.14. The van der Waals surface area contributed by atoms with Gasteiger partial charge in [0.05, 0.1) is 6.54 Å². The molecular weight excluding hydrogens is 230 g/mol. The Morgan fingerprint density at radius 3 is 2.83 bits per heavy atom. The van der Waals surface area contributed by atoms with Crippen molar-refractivity contribution in [3.63, 3.8) is 0 Å². The van der Waals surface area contributed by atoms with E-state index in [1.54, 1.807) is 0 Å². The predicted molar refractivity (Wildman–Crippen MR) is 67.3 cm³/mol. The molecule has 1 heterocycles. The molecule has 1 amide bonds. The normalized spacial score (nSPS) is 15.0. The Morgan fingerprint density at radius 1 is 1.39 bits per heavy atom. The van der Waals surface area contributed by atoms with Crippen LogP contribution in [0.4, 0.5) is 4.79 Å². The van der Waals surface area contributed by atoms with E-state index in [0.29, 0.717) is 13.0 Å². The van der Waals surface area contributed by atoms with Crippen LogP contribution in [0.1, 0.15) is 23.1 Å². The van der Waals surface area contributed by atoms with Crippen LogP contribution < -0.4 is 0 Å². The first kappa shape index (κ1) is 12.6. The molecule has 1 saturated heterocycles. The molecule has 96 valence electrons. The summed E-state index contributed by atoms with van der Waals surface area (Å²) in [5.74, 6) is 0.0960. The van der Waals surface area contributed by atoms with E-state index in [2.05, 4.69) is 0 Å². The van der Waals surface area contributed by atoms with Gasteiger partial charge in [-0.2, -0.15) is 0 Å². The number of nitrogens with zero attached hydrogens (tertiary/aromatic N) is 1. The van der Waals surface area contributed by atoms with Gasteiger partial charge in [0.1, 0.15) is 6.61 Å². The number of likely N-dealkylation sites (tertiary alicyclic amines) is 1. The van der Waals surface area contributed by atoms with Gasteiger partial charge in [-0.3, -0.25) is 4.79 Å². The Morgan fingerprint density at radius 2 is 2.17 bits per heavy atom.